The predicted molar refractivity (Wildman–Crippen MR) is 92.6 cm³/mol. The van der Waals surface area contributed by atoms with Crippen LogP contribution in [-0.2, 0) is 18.3 Å². The van der Waals surface area contributed by atoms with Crippen LogP contribution in [0.25, 0.3) is 5.65 Å². The van der Waals surface area contributed by atoms with Crippen molar-refractivity contribution in [2.24, 2.45) is 13.0 Å². The molecule has 3 rings (SSSR count). The molecule has 1 amide bonds. The summed E-state index contributed by atoms with van der Waals surface area (Å²) in [6.45, 7) is 6.18. The van der Waals surface area contributed by atoms with Crippen LogP contribution in [0.15, 0.2) is 36.9 Å². The average Bonchev–Trinajstić information content (AvgIpc) is 3.12. The number of nitrogens with one attached hydrogen (secondary N) is 1. The maximum absolute atomic E-state index is 12.6. The van der Waals surface area contributed by atoms with Crippen molar-refractivity contribution >= 4 is 11.6 Å². The molecule has 0 fully saturated rings. The highest BCUT2D eigenvalue weighted by atomic mass is 16.1. The largest absolute Gasteiger partial charge is 0.346 e. The van der Waals surface area contributed by atoms with Gasteiger partial charge in [-0.05, 0) is 24.5 Å². The van der Waals surface area contributed by atoms with E-state index in [1.165, 1.54) is 0 Å². The number of carbonyl (C=O) groups excluding carboxylic acids is 1. The van der Waals surface area contributed by atoms with Gasteiger partial charge in [0.15, 0.2) is 0 Å². The molecule has 24 heavy (non-hydrogen) atoms. The zero-order valence-electron chi connectivity index (χ0n) is 14.5. The summed E-state index contributed by atoms with van der Waals surface area (Å²) in [6.07, 6.45) is 7.65. The van der Waals surface area contributed by atoms with Gasteiger partial charge in [-0.25, -0.2) is 9.97 Å². The number of nitrogens with zero attached hydrogens (tertiary/aromatic N) is 4. The standard InChI is InChI=1S/C18H23N5O/c1-12(2)16(18-19-7-9-22(18)4)21-15(24)10-14-11-20-17-13(3)6-5-8-23(14)17/h5-9,11-12,16H,10H2,1-4H3,(H,21,24)/t16-/m1/s1. The molecule has 126 valence electrons. The molecule has 1 atom stereocenters. The number of imidazole rings is 2. The van der Waals surface area contributed by atoms with Crippen LogP contribution in [0.5, 0.6) is 0 Å². The van der Waals surface area contributed by atoms with Crippen molar-refractivity contribution in [2.75, 3.05) is 0 Å². The molecule has 6 nitrogen and oxygen atoms in total. The van der Waals surface area contributed by atoms with E-state index >= 15 is 0 Å². The van der Waals surface area contributed by atoms with Crippen LogP contribution in [-0.4, -0.2) is 24.8 Å². The fourth-order valence-corrected chi connectivity index (χ4v) is 2.93. The minimum atomic E-state index is -0.113. The van der Waals surface area contributed by atoms with Crippen molar-refractivity contribution in [2.45, 2.75) is 33.2 Å². The number of aromatic nitrogens is 4. The lowest BCUT2D eigenvalue weighted by Crippen LogP contribution is -2.34. The smallest absolute Gasteiger partial charge is 0.226 e. The summed E-state index contributed by atoms with van der Waals surface area (Å²) >= 11 is 0. The number of fused-ring (bicyclic) bond motifs is 1. The Morgan fingerprint density at radius 1 is 1.29 bits per heavy atom. The number of rotatable bonds is 5. The van der Waals surface area contributed by atoms with Crippen LogP contribution >= 0.6 is 0 Å². The maximum Gasteiger partial charge on any atom is 0.226 e. The van der Waals surface area contributed by atoms with Gasteiger partial charge in [0, 0.05) is 31.8 Å². The minimum Gasteiger partial charge on any atom is -0.346 e. The zero-order valence-corrected chi connectivity index (χ0v) is 14.5. The Labute approximate surface area is 141 Å². The van der Waals surface area contributed by atoms with Gasteiger partial charge in [-0.2, -0.15) is 0 Å². The summed E-state index contributed by atoms with van der Waals surface area (Å²) in [4.78, 5) is 21.4. The fourth-order valence-electron chi connectivity index (χ4n) is 2.93. The summed E-state index contributed by atoms with van der Waals surface area (Å²) in [7, 11) is 1.94. The van der Waals surface area contributed by atoms with Gasteiger partial charge >= 0.3 is 0 Å². The van der Waals surface area contributed by atoms with E-state index in [9.17, 15) is 4.79 Å². The van der Waals surface area contributed by atoms with Crippen LogP contribution in [0.3, 0.4) is 0 Å². The number of carbonyl (C=O) groups is 1. The van der Waals surface area contributed by atoms with Gasteiger partial charge < -0.3 is 14.3 Å². The summed E-state index contributed by atoms with van der Waals surface area (Å²) in [5, 5.41) is 3.11. The first kappa shape index (κ1) is 16.2. The van der Waals surface area contributed by atoms with E-state index in [1.807, 2.05) is 47.5 Å². The van der Waals surface area contributed by atoms with Gasteiger partial charge in [0.1, 0.15) is 11.5 Å². The van der Waals surface area contributed by atoms with Crippen LogP contribution in [0.4, 0.5) is 0 Å². The highest BCUT2D eigenvalue weighted by Gasteiger charge is 2.22. The zero-order chi connectivity index (χ0) is 17.3. The van der Waals surface area contributed by atoms with Crippen molar-refractivity contribution in [3.8, 4) is 0 Å². The molecule has 3 aromatic heterocycles. The van der Waals surface area contributed by atoms with E-state index in [0.717, 1.165) is 22.7 Å². The Morgan fingerprint density at radius 3 is 2.75 bits per heavy atom. The molecular formula is C18H23N5O. The van der Waals surface area contributed by atoms with E-state index in [2.05, 4.69) is 29.1 Å². The average molecular weight is 325 g/mol. The third-order valence-corrected chi connectivity index (χ3v) is 4.27. The lowest BCUT2D eigenvalue weighted by Gasteiger charge is -2.22. The topological polar surface area (TPSA) is 64.2 Å². The van der Waals surface area contributed by atoms with Gasteiger partial charge in [-0.1, -0.05) is 19.9 Å². The highest BCUT2D eigenvalue weighted by Crippen LogP contribution is 2.20. The van der Waals surface area contributed by atoms with Gasteiger partial charge in [0.2, 0.25) is 5.91 Å². The third kappa shape index (κ3) is 3.04. The van der Waals surface area contributed by atoms with Crippen LogP contribution in [0, 0.1) is 12.8 Å². The molecule has 0 aliphatic heterocycles. The molecule has 1 N–H and O–H groups in total. The molecule has 0 aromatic carbocycles. The van der Waals surface area contributed by atoms with Crippen LogP contribution < -0.4 is 5.32 Å². The molecule has 0 bridgehead atoms. The minimum absolute atomic E-state index is 0.0278. The summed E-state index contributed by atoms with van der Waals surface area (Å²) in [5.74, 6) is 1.09. The van der Waals surface area contributed by atoms with E-state index in [4.69, 9.17) is 0 Å². The van der Waals surface area contributed by atoms with Crippen molar-refractivity contribution in [1.29, 1.82) is 0 Å². The van der Waals surface area contributed by atoms with Crippen molar-refractivity contribution in [3.05, 3.63) is 54.0 Å². The molecule has 3 aromatic rings. The lowest BCUT2D eigenvalue weighted by molar-refractivity contribution is -0.121. The highest BCUT2D eigenvalue weighted by molar-refractivity contribution is 5.78. The second kappa shape index (κ2) is 6.47. The van der Waals surface area contributed by atoms with Gasteiger partial charge in [0.25, 0.3) is 0 Å². The van der Waals surface area contributed by atoms with E-state index < -0.39 is 0 Å². The number of amides is 1. The quantitative estimate of drug-likeness (QED) is 0.783. The number of pyridine rings is 1. The number of aryl methyl sites for hydroxylation is 2. The Hall–Kier alpha value is -2.63. The monoisotopic (exact) mass is 325 g/mol. The Bertz CT molecular complexity index is 861. The van der Waals surface area contributed by atoms with Crippen LogP contribution in [0.2, 0.25) is 0 Å². The molecular weight excluding hydrogens is 302 g/mol. The van der Waals surface area contributed by atoms with E-state index in [0.29, 0.717) is 0 Å². The molecule has 0 saturated carbocycles. The second-order valence-electron chi connectivity index (χ2n) is 6.50. The maximum atomic E-state index is 12.6. The first-order valence-corrected chi connectivity index (χ1v) is 8.15. The molecule has 0 spiro atoms. The van der Waals surface area contributed by atoms with Gasteiger partial charge in [-0.15, -0.1) is 0 Å². The van der Waals surface area contributed by atoms with Crippen molar-refractivity contribution in [3.63, 3.8) is 0 Å². The Balaban J connectivity index is 1.79. The Morgan fingerprint density at radius 2 is 2.08 bits per heavy atom. The number of hydrogen-bond donors (Lipinski definition) is 1. The third-order valence-electron chi connectivity index (χ3n) is 4.27. The summed E-state index contributed by atoms with van der Waals surface area (Å²) in [5.41, 5.74) is 2.87. The van der Waals surface area contributed by atoms with Gasteiger partial charge in [-0.3, -0.25) is 4.79 Å². The SMILES string of the molecule is Cc1cccn2c(CC(=O)N[C@@H](c3nccn3C)C(C)C)cnc12. The van der Waals surface area contributed by atoms with Crippen molar-refractivity contribution < 1.29 is 4.79 Å². The van der Waals surface area contributed by atoms with E-state index in [1.54, 1.807) is 12.4 Å². The normalized spacial score (nSPS) is 12.7. The molecule has 0 aliphatic carbocycles. The van der Waals surface area contributed by atoms with Gasteiger partial charge in [0.05, 0.1) is 18.2 Å². The molecule has 6 heteroatoms. The predicted octanol–water partition coefficient (Wildman–Crippen LogP) is 2.43. The second-order valence-corrected chi connectivity index (χ2v) is 6.50. The molecule has 0 unspecified atom stereocenters. The van der Waals surface area contributed by atoms with Crippen molar-refractivity contribution in [1.82, 2.24) is 24.3 Å². The molecule has 0 saturated heterocycles. The first-order valence-electron chi connectivity index (χ1n) is 8.15. The van der Waals surface area contributed by atoms with E-state index in [-0.39, 0.29) is 24.3 Å². The lowest BCUT2D eigenvalue weighted by atomic mass is 10.0. The molecule has 3 heterocycles. The summed E-state index contributed by atoms with van der Waals surface area (Å²) < 4.78 is 3.92. The Kier molecular flexibility index (Phi) is 4.38. The summed E-state index contributed by atoms with van der Waals surface area (Å²) in [6, 6.07) is 3.87. The number of hydrogen-bond acceptors (Lipinski definition) is 3. The van der Waals surface area contributed by atoms with Crippen LogP contribution in [0.1, 0.15) is 37.0 Å². The fraction of sp³-hybridized carbons (Fsp3) is 0.389. The molecule has 0 aliphatic rings. The first-order chi connectivity index (χ1) is 11.5. The molecule has 0 radical (unpaired) electrons.